The van der Waals surface area contributed by atoms with Gasteiger partial charge in [-0.1, -0.05) is 24.3 Å². The SMILES string of the molecule is C=CCC=C1Oc2cccc(OC)c2-c2ccc3c(c21)C(C)=CC(C)(C)N3. The molecule has 138 valence electrons. The third kappa shape index (κ3) is 2.84. The summed E-state index contributed by atoms with van der Waals surface area (Å²) in [6, 6.07) is 10.3. The second kappa shape index (κ2) is 6.34. The lowest BCUT2D eigenvalue weighted by Crippen LogP contribution is -2.32. The van der Waals surface area contributed by atoms with Crippen LogP contribution in [-0.4, -0.2) is 12.6 Å². The Bertz CT molecular complexity index is 996. The molecule has 2 aromatic rings. The van der Waals surface area contributed by atoms with E-state index in [-0.39, 0.29) is 5.54 Å². The maximum atomic E-state index is 6.35. The van der Waals surface area contributed by atoms with Crippen molar-refractivity contribution in [3.63, 3.8) is 0 Å². The topological polar surface area (TPSA) is 30.5 Å². The molecule has 2 heterocycles. The van der Waals surface area contributed by atoms with Gasteiger partial charge in [-0.2, -0.15) is 0 Å². The highest BCUT2D eigenvalue weighted by Crippen LogP contribution is 2.51. The number of rotatable bonds is 3. The first-order valence-corrected chi connectivity index (χ1v) is 9.27. The molecule has 3 heteroatoms. The van der Waals surface area contributed by atoms with Crippen LogP contribution in [0.1, 0.15) is 38.3 Å². The highest BCUT2D eigenvalue weighted by atomic mass is 16.5. The molecule has 0 bridgehead atoms. The molecule has 0 unspecified atom stereocenters. The number of methoxy groups -OCH3 is 1. The molecule has 0 spiro atoms. The van der Waals surface area contributed by atoms with Crippen molar-refractivity contribution in [3.05, 3.63) is 66.3 Å². The summed E-state index contributed by atoms with van der Waals surface area (Å²) >= 11 is 0. The fourth-order valence-corrected chi connectivity index (χ4v) is 4.11. The van der Waals surface area contributed by atoms with Crippen molar-refractivity contribution in [2.75, 3.05) is 12.4 Å². The van der Waals surface area contributed by atoms with E-state index in [1.807, 2.05) is 24.3 Å². The average Bonchev–Trinajstić information content (AvgIpc) is 2.63. The Labute approximate surface area is 161 Å². The summed E-state index contributed by atoms with van der Waals surface area (Å²) in [5.41, 5.74) is 6.74. The quantitative estimate of drug-likeness (QED) is 0.654. The van der Waals surface area contributed by atoms with Crippen LogP contribution in [0.4, 0.5) is 5.69 Å². The highest BCUT2D eigenvalue weighted by Gasteiger charge is 2.32. The number of hydrogen-bond acceptors (Lipinski definition) is 3. The molecule has 4 rings (SSSR count). The molecule has 0 amide bonds. The van der Waals surface area contributed by atoms with Gasteiger partial charge in [0.1, 0.15) is 17.3 Å². The molecule has 0 fully saturated rings. The van der Waals surface area contributed by atoms with E-state index in [9.17, 15) is 0 Å². The predicted molar refractivity (Wildman–Crippen MR) is 113 cm³/mol. The van der Waals surface area contributed by atoms with Crippen molar-refractivity contribution >= 4 is 17.0 Å². The van der Waals surface area contributed by atoms with Gasteiger partial charge in [0.2, 0.25) is 0 Å². The summed E-state index contributed by atoms with van der Waals surface area (Å²) in [6.45, 7) is 10.4. The molecule has 0 atom stereocenters. The van der Waals surface area contributed by atoms with Gasteiger partial charge in [-0.25, -0.2) is 0 Å². The molecule has 3 nitrogen and oxygen atoms in total. The van der Waals surface area contributed by atoms with Crippen molar-refractivity contribution in [2.24, 2.45) is 0 Å². The third-order valence-corrected chi connectivity index (χ3v) is 5.05. The standard InChI is InChI=1S/C24H25NO2/c1-6-7-9-20-23-16(22-18(26-5)10-8-11-19(22)27-20)12-13-17-21(23)15(2)14-24(3,4)25-17/h6,8-14,25H,1,7H2,2-5H3. The minimum atomic E-state index is -0.0819. The van der Waals surface area contributed by atoms with Crippen molar-refractivity contribution < 1.29 is 9.47 Å². The Hall–Kier alpha value is -2.94. The summed E-state index contributed by atoms with van der Waals surface area (Å²) in [7, 11) is 1.70. The summed E-state index contributed by atoms with van der Waals surface area (Å²) in [5.74, 6) is 2.52. The van der Waals surface area contributed by atoms with Gasteiger partial charge in [0, 0.05) is 22.4 Å². The lowest BCUT2D eigenvalue weighted by atomic mass is 9.83. The zero-order valence-electron chi connectivity index (χ0n) is 16.3. The first-order valence-electron chi connectivity index (χ1n) is 9.27. The Kier molecular flexibility index (Phi) is 4.11. The molecule has 0 radical (unpaired) electrons. The van der Waals surface area contributed by atoms with Crippen LogP contribution in [0, 0.1) is 0 Å². The van der Waals surface area contributed by atoms with Crippen molar-refractivity contribution in [1.82, 2.24) is 0 Å². The van der Waals surface area contributed by atoms with Gasteiger partial charge >= 0.3 is 0 Å². The monoisotopic (exact) mass is 359 g/mol. The molecule has 2 aliphatic rings. The first kappa shape index (κ1) is 17.5. The Morgan fingerprint density at radius 2 is 1.96 bits per heavy atom. The number of allylic oxidation sites excluding steroid dienone is 3. The first-order chi connectivity index (χ1) is 12.9. The van der Waals surface area contributed by atoms with E-state index < -0.39 is 0 Å². The maximum Gasteiger partial charge on any atom is 0.139 e. The summed E-state index contributed by atoms with van der Waals surface area (Å²) in [4.78, 5) is 0. The number of hydrogen-bond donors (Lipinski definition) is 1. The molecule has 0 saturated heterocycles. The zero-order valence-corrected chi connectivity index (χ0v) is 16.3. The maximum absolute atomic E-state index is 6.35. The molecular formula is C24H25NO2. The van der Waals surface area contributed by atoms with Crippen LogP contribution in [0.15, 0.2) is 55.1 Å². The summed E-state index contributed by atoms with van der Waals surface area (Å²) < 4.78 is 12.0. The van der Waals surface area contributed by atoms with Crippen LogP contribution in [0.5, 0.6) is 11.5 Å². The largest absolute Gasteiger partial charge is 0.496 e. The van der Waals surface area contributed by atoms with Crippen LogP contribution < -0.4 is 14.8 Å². The van der Waals surface area contributed by atoms with Gasteiger partial charge in [-0.05, 0) is 57.0 Å². The smallest absolute Gasteiger partial charge is 0.139 e. The summed E-state index contributed by atoms with van der Waals surface area (Å²) in [5, 5.41) is 3.64. The molecule has 0 aliphatic carbocycles. The van der Waals surface area contributed by atoms with Crippen LogP contribution in [0.2, 0.25) is 0 Å². The van der Waals surface area contributed by atoms with Gasteiger partial charge in [0.25, 0.3) is 0 Å². The number of anilines is 1. The van der Waals surface area contributed by atoms with E-state index >= 15 is 0 Å². The van der Waals surface area contributed by atoms with Gasteiger partial charge in [0.05, 0.1) is 18.2 Å². The molecule has 0 saturated carbocycles. The van der Waals surface area contributed by atoms with Crippen LogP contribution >= 0.6 is 0 Å². The zero-order chi connectivity index (χ0) is 19.2. The van der Waals surface area contributed by atoms with E-state index in [0.29, 0.717) is 0 Å². The van der Waals surface area contributed by atoms with Crippen LogP contribution in [0.25, 0.3) is 22.5 Å². The molecule has 2 aromatic carbocycles. The molecule has 2 aliphatic heterocycles. The van der Waals surface area contributed by atoms with Crippen molar-refractivity contribution in [2.45, 2.75) is 32.7 Å². The second-order valence-corrected chi connectivity index (χ2v) is 7.61. The average molecular weight is 359 g/mol. The molecule has 1 N–H and O–H groups in total. The van der Waals surface area contributed by atoms with Crippen LogP contribution in [-0.2, 0) is 0 Å². The van der Waals surface area contributed by atoms with Crippen molar-refractivity contribution in [3.8, 4) is 22.6 Å². The van der Waals surface area contributed by atoms with E-state index in [2.05, 4.69) is 57.0 Å². The number of benzene rings is 2. The minimum absolute atomic E-state index is 0.0819. The van der Waals surface area contributed by atoms with Gasteiger partial charge in [-0.15, -0.1) is 6.58 Å². The normalized spacial score (nSPS) is 17.6. The van der Waals surface area contributed by atoms with E-state index in [1.54, 1.807) is 7.11 Å². The van der Waals surface area contributed by atoms with Gasteiger partial charge in [0.15, 0.2) is 0 Å². The van der Waals surface area contributed by atoms with Gasteiger partial charge < -0.3 is 14.8 Å². The number of nitrogens with one attached hydrogen (secondary N) is 1. The minimum Gasteiger partial charge on any atom is -0.496 e. The van der Waals surface area contributed by atoms with E-state index in [0.717, 1.165) is 46.1 Å². The van der Waals surface area contributed by atoms with Crippen molar-refractivity contribution in [1.29, 1.82) is 0 Å². The van der Waals surface area contributed by atoms with E-state index in [4.69, 9.17) is 9.47 Å². The van der Waals surface area contributed by atoms with Crippen LogP contribution in [0.3, 0.4) is 0 Å². The Morgan fingerprint density at radius 3 is 2.70 bits per heavy atom. The summed E-state index contributed by atoms with van der Waals surface area (Å²) in [6.07, 6.45) is 7.01. The lowest BCUT2D eigenvalue weighted by molar-refractivity contribution is 0.412. The fourth-order valence-electron chi connectivity index (χ4n) is 4.11. The lowest BCUT2D eigenvalue weighted by Gasteiger charge is -2.35. The number of ether oxygens (including phenoxy) is 2. The third-order valence-electron chi connectivity index (χ3n) is 5.05. The second-order valence-electron chi connectivity index (χ2n) is 7.61. The highest BCUT2D eigenvalue weighted by molar-refractivity contribution is 5.98. The van der Waals surface area contributed by atoms with Gasteiger partial charge in [-0.3, -0.25) is 0 Å². The molecule has 27 heavy (non-hydrogen) atoms. The Balaban J connectivity index is 2.05. The molecular weight excluding hydrogens is 334 g/mol. The van der Waals surface area contributed by atoms with E-state index in [1.165, 1.54) is 11.1 Å². The number of fused-ring (bicyclic) bond motifs is 5. The fraction of sp³-hybridized carbons (Fsp3) is 0.250. The predicted octanol–water partition coefficient (Wildman–Crippen LogP) is 6.28. The molecule has 0 aromatic heterocycles. The Morgan fingerprint density at radius 1 is 1.15 bits per heavy atom.